The standard InChI is InChI=1S/C15H32N2/c1-6-11-16-14-13(9-10-15(14,4)5)12-17(7-2)8-3/h13-14,16H,6-12H2,1-5H3. The second-order valence-electron chi connectivity index (χ2n) is 6.20. The van der Waals surface area contributed by atoms with Gasteiger partial charge in [-0.1, -0.05) is 34.6 Å². The summed E-state index contributed by atoms with van der Waals surface area (Å²) in [6, 6.07) is 0.711. The van der Waals surface area contributed by atoms with Crippen LogP contribution in [0.3, 0.4) is 0 Å². The summed E-state index contributed by atoms with van der Waals surface area (Å²) in [7, 11) is 0. The first-order valence-electron chi connectivity index (χ1n) is 7.50. The smallest absolute Gasteiger partial charge is 0.0159 e. The topological polar surface area (TPSA) is 15.3 Å². The lowest BCUT2D eigenvalue weighted by Crippen LogP contribution is -2.46. The van der Waals surface area contributed by atoms with Gasteiger partial charge in [0.2, 0.25) is 0 Å². The van der Waals surface area contributed by atoms with E-state index < -0.39 is 0 Å². The molecule has 2 atom stereocenters. The largest absolute Gasteiger partial charge is 0.313 e. The molecule has 0 bridgehead atoms. The molecule has 1 N–H and O–H groups in total. The highest BCUT2D eigenvalue weighted by atomic mass is 15.1. The summed E-state index contributed by atoms with van der Waals surface area (Å²) in [5.41, 5.74) is 0.479. The number of hydrogen-bond acceptors (Lipinski definition) is 2. The maximum absolute atomic E-state index is 3.80. The lowest BCUT2D eigenvalue weighted by Gasteiger charge is -2.34. The Morgan fingerprint density at radius 3 is 2.35 bits per heavy atom. The fraction of sp³-hybridized carbons (Fsp3) is 1.00. The molecule has 1 rings (SSSR count). The van der Waals surface area contributed by atoms with Crippen LogP contribution in [0.25, 0.3) is 0 Å². The molecule has 2 nitrogen and oxygen atoms in total. The van der Waals surface area contributed by atoms with Crippen LogP contribution in [0.2, 0.25) is 0 Å². The van der Waals surface area contributed by atoms with Crippen LogP contribution in [-0.4, -0.2) is 37.1 Å². The van der Waals surface area contributed by atoms with E-state index in [4.69, 9.17) is 0 Å². The zero-order valence-electron chi connectivity index (χ0n) is 12.6. The minimum absolute atomic E-state index is 0.479. The molecule has 17 heavy (non-hydrogen) atoms. The molecule has 1 saturated carbocycles. The van der Waals surface area contributed by atoms with Gasteiger partial charge in [0, 0.05) is 12.6 Å². The zero-order valence-corrected chi connectivity index (χ0v) is 12.6. The van der Waals surface area contributed by atoms with Crippen LogP contribution in [0.4, 0.5) is 0 Å². The van der Waals surface area contributed by atoms with Crippen LogP contribution in [0.1, 0.15) is 53.9 Å². The van der Waals surface area contributed by atoms with Gasteiger partial charge in [-0.25, -0.2) is 0 Å². The molecule has 1 fully saturated rings. The molecule has 0 heterocycles. The SMILES string of the molecule is CCCNC1C(CN(CC)CC)CCC1(C)C. The summed E-state index contributed by atoms with van der Waals surface area (Å²) in [6.45, 7) is 16.5. The van der Waals surface area contributed by atoms with Crippen LogP contribution in [-0.2, 0) is 0 Å². The third-order valence-electron chi connectivity index (χ3n) is 4.47. The number of nitrogens with zero attached hydrogens (tertiary/aromatic N) is 1. The van der Waals surface area contributed by atoms with Gasteiger partial charge in [0.05, 0.1) is 0 Å². The Hall–Kier alpha value is -0.0800. The van der Waals surface area contributed by atoms with Crippen molar-refractivity contribution >= 4 is 0 Å². The summed E-state index contributed by atoms with van der Waals surface area (Å²) in [6.07, 6.45) is 4.01. The van der Waals surface area contributed by atoms with Crippen LogP contribution in [0.5, 0.6) is 0 Å². The predicted octanol–water partition coefficient (Wildman–Crippen LogP) is 3.13. The van der Waals surface area contributed by atoms with Gasteiger partial charge in [-0.3, -0.25) is 0 Å². The molecule has 102 valence electrons. The van der Waals surface area contributed by atoms with Gasteiger partial charge in [-0.15, -0.1) is 0 Å². The van der Waals surface area contributed by atoms with Gasteiger partial charge in [0.25, 0.3) is 0 Å². The highest BCUT2D eigenvalue weighted by molar-refractivity contribution is 4.97. The Morgan fingerprint density at radius 2 is 1.82 bits per heavy atom. The van der Waals surface area contributed by atoms with Crippen molar-refractivity contribution in [1.82, 2.24) is 10.2 Å². The molecule has 0 aromatic rings. The highest BCUT2D eigenvalue weighted by Gasteiger charge is 2.41. The van der Waals surface area contributed by atoms with Gasteiger partial charge in [0.15, 0.2) is 0 Å². The van der Waals surface area contributed by atoms with E-state index in [1.165, 1.54) is 45.4 Å². The number of rotatable bonds is 7. The third-order valence-corrected chi connectivity index (χ3v) is 4.47. The van der Waals surface area contributed by atoms with Crippen LogP contribution in [0, 0.1) is 11.3 Å². The van der Waals surface area contributed by atoms with Crippen molar-refractivity contribution in [2.45, 2.75) is 59.9 Å². The molecule has 0 saturated heterocycles. The first-order valence-corrected chi connectivity index (χ1v) is 7.50. The van der Waals surface area contributed by atoms with E-state index in [-0.39, 0.29) is 0 Å². The average Bonchev–Trinajstić information content (AvgIpc) is 2.58. The molecule has 0 aliphatic heterocycles. The van der Waals surface area contributed by atoms with Gasteiger partial charge in [0.1, 0.15) is 0 Å². The van der Waals surface area contributed by atoms with Crippen molar-refractivity contribution in [3.8, 4) is 0 Å². The van der Waals surface area contributed by atoms with E-state index in [1.807, 2.05) is 0 Å². The van der Waals surface area contributed by atoms with Gasteiger partial charge >= 0.3 is 0 Å². The maximum Gasteiger partial charge on any atom is 0.0159 e. The van der Waals surface area contributed by atoms with E-state index in [1.54, 1.807) is 0 Å². The lowest BCUT2D eigenvalue weighted by atomic mass is 9.84. The summed E-state index contributed by atoms with van der Waals surface area (Å²) >= 11 is 0. The van der Waals surface area contributed by atoms with E-state index in [2.05, 4.69) is 44.8 Å². The molecule has 1 aliphatic rings. The molecule has 0 radical (unpaired) electrons. The van der Waals surface area contributed by atoms with Crippen molar-refractivity contribution in [1.29, 1.82) is 0 Å². The quantitative estimate of drug-likeness (QED) is 0.735. The molecule has 1 aliphatic carbocycles. The molecule has 0 spiro atoms. The van der Waals surface area contributed by atoms with Gasteiger partial charge in [-0.2, -0.15) is 0 Å². The number of hydrogen-bond donors (Lipinski definition) is 1. The minimum Gasteiger partial charge on any atom is -0.313 e. The Bertz CT molecular complexity index is 209. The van der Waals surface area contributed by atoms with Crippen molar-refractivity contribution < 1.29 is 0 Å². The van der Waals surface area contributed by atoms with E-state index in [0.29, 0.717) is 11.5 Å². The molecular formula is C15H32N2. The van der Waals surface area contributed by atoms with Crippen molar-refractivity contribution in [2.24, 2.45) is 11.3 Å². The van der Waals surface area contributed by atoms with Gasteiger partial charge < -0.3 is 10.2 Å². The molecule has 0 aromatic heterocycles. The van der Waals surface area contributed by atoms with Crippen LogP contribution in [0.15, 0.2) is 0 Å². The monoisotopic (exact) mass is 240 g/mol. The van der Waals surface area contributed by atoms with Crippen LogP contribution < -0.4 is 5.32 Å². The molecule has 0 amide bonds. The Kier molecular flexibility index (Phi) is 5.94. The Morgan fingerprint density at radius 1 is 1.18 bits per heavy atom. The number of nitrogens with one attached hydrogen (secondary N) is 1. The highest BCUT2D eigenvalue weighted by Crippen LogP contribution is 2.41. The second kappa shape index (κ2) is 6.75. The van der Waals surface area contributed by atoms with Crippen molar-refractivity contribution in [3.63, 3.8) is 0 Å². The van der Waals surface area contributed by atoms with E-state index >= 15 is 0 Å². The summed E-state index contributed by atoms with van der Waals surface area (Å²) in [5.74, 6) is 0.844. The molecule has 2 heteroatoms. The summed E-state index contributed by atoms with van der Waals surface area (Å²) in [5, 5.41) is 3.80. The zero-order chi connectivity index (χ0) is 12.9. The van der Waals surface area contributed by atoms with Crippen LogP contribution >= 0.6 is 0 Å². The van der Waals surface area contributed by atoms with E-state index in [9.17, 15) is 0 Å². The minimum atomic E-state index is 0.479. The Balaban J connectivity index is 2.57. The maximum atomic E-state index is 3.80. The molecule has 0 aromatic carbocycles. The lowest BCUT2D eigenvalue weighted by molar-refractivity contribution is 0.193. The van der Waals surface area contributed by atoms with Gasteiger partial charge in [-0.05, 0) is 50.2 Å². The van der Waals surface area contributed by atoms with Crippen molar-refractivity contribution in [3.05, 3.63) is 0 Å². The molecule has 2 unspecified atom stereocenters. The predicted molar refractivity (Wildman–Crippen MR) is 76.4 cm³/mol. The van der Waals surface area contributed by atoms with E-state index in [0.717, 1.165) is 5.92 Å². The summed E-state index contributed by atoms with van der Waals surface area (Å²) < 4.78 is 0. The first-order chi connectivity index (χ1) is 8.05. The average molecular weight is 240 g/mol. The first kappa shape index (κ1) is 15.0. The summed E-state index contributed by atoms with van der Waals surface area (Å²) in [4.78, 5) is 2.58. The fourth-order valence-corrected chi connectivity index (χ4v) is 3.27. The Labute approximate surface area is 108 Å². The fourth-order valence-electron chi connectivity index (χ4n) is 3.27. The normalized spacial score (nSPS) is 27.9. The third kappa shape index (κ3) is 3.96. The van der Waals surface area contributed by atoms with Crippen molar-refractivity contribution in [2.75, 3.05) is 26.2 Å². The molecular weight excluding hydrogens is 208 g/mol. The second-order valence-corrected chi connectivity index (χ2v) is 6.20.